The number of nitrogens with one attached hydrogen (secondary N) is 1. The maximum absolute atomic E-state index is 12.7. The molecular formula is C24H30N4O5S. The fourth-order valence-electron chi connectivity index (χ4n) is 3.88. The molecule has 0 saturated heterocycles. The van der Waals surface area contributed by atoms with E-state index < -0.39 is 16.0 Å². The summed E-state index contributed by atoms with van der Waals surface area (Å²) in [5.41, 5.74) is 3.90. The van der Waals surface area contributed by atoms with Gasteiger partial charge in [-0.2, -0.15) is 5.10 Å². The summed E-state index contributed by atoms with van der Waals surface area (Å²) >= 11 is 0. The molecule has 3 rings (SSSR count). The van der Waals surface area contributed by atoms with Gasteiger partial charge in [0.15, 0.2) is 0 Å². The number of methoxy groups -OCH3 is 1. The van der Waals surface area contributed by atoms with Crippen molar-refractivity contribution in [2.45, 2.75) is 38.6 Å². The lowest BCUT2D eigenvalue weighted by Gasteiger charge is -2.22. The van der Waals surface area contributed by atoms with Gasteiger partial charge in [-0.1, -0.05) is 0 Å². The molecule has 0 aliphatic carbocycles. The molecule has 0 aliphatic heterocycles. The molecule has 0 unspecified atom stereocenters. The van der Waals surface area contributed by atoms with Crippen molar-refractivity contribution >= 4 is 27.4 Å². The predicted octanol–water partition coefficient (Wildman–Crippen LogP) is 3.71. The molecule has 1 heterocycles. The quantitative estimate of drug-likeness (QED) is 0.449. The van der Waals surface area contributed by atoms with E-state index in [1.165, 1.54) is 25.3 Å². The molecule has 0 fully saturated rings. The number of rotatable bonds is 10. The first-order chi connectivity index (χ1) is 16.1. The van der Waals surface area contributed by atoms with Gasteiger partial charge in [-0.3, -0.25) is 9.40 Å². The van der Waals surface area contributed by atoms with Gasteiger partial charge in [-0.05, 0) is 75.2 Å². The third-order valence-corrected chi connectivity index (χ3v) is 7.19. The minimum absolute atomic E-state index is 0.00938. The summed E-state index contributed by atoms with van der Waals surface area (Å²) in [7, 11) is -0.580. The van der Waals surface area contributed by atoms with Crippen LogP contribution in [-0.4, -0.2) is 50.0 Å². The van der Waals surface area contributed by atoms with E-state index in [2.05, 4.69) is 9.82 Å². The van der Waals surface area contributed by atoms with Gasteiger partial charge in [0, 0.05) is 31.5 Å². The van der Waals surface area contributed by atoms with Gasteiger partial charge in [0.25, 0.3) is 10.0 Å². The van der Waals surface area contributed by atoms with Gasteiger partial charge < -0.3 is 14.7 Å². The number of nitrogens with zero attached hydrogens (tertiary/aromatic N) is 3. The van der Waals surface area contributed by atoms with Crippen molar-refractivity contribution < 1.29 is 23.1 Å². The summed E-state index contributed by atoms with van der Waals surface area (Å²) in [6.45, 7) is 7.42. The summed E-state index contributed by atoms with van der Waals surface area (Å²) in [5, 5.41) is 14.3. The van der Waals surface area contributed by atoms with E-state index in [-0.39, 0.29) is 16.1 Å². The highest BCUT2D eigenvalue weighted by Gasteiger charge is 2.19. The molecule has 182 valence electrons. The van der Waals surface area contributed by atoms with E-state index in [4.69, 9.17) is 4.74 Å². The van der Waals surface area contributed by atoms with Crippen LogP contribution < -0.4 is 14.4 Å². The molecule has 2 N–H and O–H groups in total. The van der Waals surface area contributed by atoms with Gasteiger partial charge >= 0.3 is 5.97 Å². The minimum atomic E-state index is -3.89. The summed E-state index contributed by atoms with van der Waals surface area (Å²) in [5.74, 6) is -0.606. The molecule has 0 amide bonds. The van der Waals surface area contributed by atoms with Gasteiger partial charge in [0.2, 0.25) is 0 Å². The van der Waals surface area contributed by atoms with E-state index in [0.717, 1.165) is 23.5 Å². The van der Waals surface area contributed by atoms with Crippen molar-refractivity contribution in [1.82, 2.24) is 9.78 Å². The Balaban J connectivity index is 1.81. The van der Waals surface area contributed by atoms with E-state index in [9.17, 15) is 18.3 Å². The monoisotopic (exact) mass is 486 g/mol. The zero-order chi connectivity index (χ0) is 25.0. The Labute approximate surface area is 200 Å². The third kappa shape index (κ3) is 5.33. The van der Waals surface area contributed by atoms with Crippen LogP contribution in [0.2, 0.25) is 0 Å². The zero-order valence-electron chi connectivity index (χ0n) is 20.0. The number of ether oxygens (including phenoxy) is 1. The number of likely N-dealkylation sites (N-methyl/N-ethyl adjacent to an activating group) is 1. The molecular weight excluding hydrogens is 456 g/mol. The summed E-state index contributed by atoms with van der Waals surface area (Å²) < 4.78 is 34.9. The van der Waals surface area contributed by atoms with Crippen LogP contribution in [0.4, 0.5) is 11.4 Å². The molecule has 34 heavy (non-hydrogen) atoms. The largest absolute Gasteiger partial charge is 0.497 e. The van der Waals surface area contributed by atoms with Gasteiger partial charge in [0.05, 0.1) is 29.0 Å². The number of carboxylic acid groups (broad SMARTS) is 1. The summed E-state index contributed by atoms with van der Waals surface area (Å²) in [6.07, 6.45) is 0.707. The molecule has 0 spiro atoms. The highest BCUT2D eigenvalue weighted by Crippen LogP contribution is 2.27. The molecule has 0 bridgehead atoms. The second kappa shape index (κ2) is 10.2. The van der Waals surface area contributed by atoms with Crippen molar-refractivity contribution in [3.8, 4) is 5.75 Å². The smallest absolute Gasteiger partial charge is 0.337 e. The van der Waals surface area contributed by atoms with E-state index in [0.29, 0.717) is 24.4 Å². The van der Waals surface area contributed by atoms with Crippen molar-refractivity contribution in [3.63, 3.8) is 0 Å². The highest BCUT2D eigenvalue weighted by molar-refractivity contribution is 7.92. The Kier molecular flexibility index (Phi) is 7.51. The molecule has 3 aromatic rings. The Bertz CT molecular complexity index is 1280. The van der Waals surface area contributed by atoms with Crippen molar-refractivity contribution in [2.75, 3.05) is 30.3 Å². The maximum Gasteiger partial charge on any atom is 0.337 e. The van der Waals surface area contributed by atoms with Crippen LogP contribution in [0.3, 0.4) is 0 Å². The molecule has 0 aliphatic rings. The first-order valence-corrected chi connectivity index (χ1v) is 12.3. The minimum Gasteiger partial charge on any atom is -0.497 e. The fourth-order valence-corrected chi connectivity index (χ4v) is 4.93. The standard InChI is InChI=1S/C24H30N4O5S/c1-6-28-17(3)21(16(2)25-28)13-14-27(4)23-12-7-18(15-22(23)24(29)30)26-34(31,32)20-10-8-19(33-5)9-11-20/h7-12,15,26H,6,13-14H2,1-5H3,(H,29,30). The average Bonchev–Trinajstić information content (AvgIpc) is 3.09. The van der Waals surface area contributed by atoms with E-state index in [1.807, 2.05) is 37.4 Å². The highest BCUT2D eigenvalue weighted by atomic mass is 32.2. The molecule has 1 aromatic heterocycles. The van der Waals surface area contributed by atoms with Crippen LogP contribution in [0.1, 0.15) is 34.2 Å². The number of aromatic nitrogens is 2. The molecule has 10 heteroatoms. The maximum atomic E-state index is 12.7. The van der Waals surface area contributed by atoms with Crippen molar-refractivity contribution in [3.05, 3.63) is 65.0 Å². The molecule has 9 nitrogen and oxygen atoms in total. The molecule has 0 atom stereocenters. The Morgan fingerprint density at radius 2 is 1.85 bits per heavy atom. The van der Waals surface area contributed by atoms with E-state index in [1.54, 1.807) is 24.3 Å². The second-order valence-electron chi connectivity index (χ2n) is 7.95. The zero-order valence-corrected chi connectivity index (χ0v) is 20.8. The SMILES string of the molecule is CCn1nc(C)c(CCN(C)c2ccc(NS(=O)(=O)c3ccc(OC)cc3)cc2C(=O)O)c1C. The lowest BCUT2D eigenvalue weighted by Crippen LogP contribution is -2.23. The van der Waals surface area contributed by atoms with Crippen LogP contribution >= 0.6 is 0 Å². The van der Waals surface area contributed by atoms with Crippen molar-refractivity contribution in [2.24, 2.45) is 0 Å². The summed E-state index contributed by atoms with van der Waals surface area (Å²) in [4.78, 5) is 13.9. The number of benzene rings is 2. The average molecular weight is 487 g/mol. The third-order valence-electron chi connectivity index (χ3n) is 5.79. The lowest BCUT2D eigenvalue weighted by atomic mass is 10.1. The normalized spacial score (nSPS) is 11.3. The number of hydrogen-bond acceptors (Lipinski definition) is 6. The number of sulfonamides is 1. The topological polar surface area (TPSA) is 114 Å². The molecule has 0 saturated carbocycles. The summed E-state index contributed by atoms with van der Waals surface area (Å²) in [6, 6.07) is 10.4. The fraction of sp³-hybridized carbons (Fsp3) is 0.333. The molecule has 2 aromatic carbocycles. The van der Waals surface area contributed by atoms with Crippen LogP contribution in [0.15, 0.2) is 47.4 Å². The van der Waals surface area contributed by atoms with Gasteiger partial charge in [-0.15, -0.1) is 0 Å². The number of carbonyl (C=O) groups is 1. The van der Waals surface area contributed by atoms with Crippen LogP contribution in [-0.2, 0) is 23.0 Å². The second-order valence-corrected chi connectivity index (χ2v) is 9.64. The van der Waals surface area contributed by atoms with Gasteiger partial charge in [-0.25, -0.2) is 13.2 Å². The number of aryl methyl sites for hydroxylation is 2. The number of aromatic carboxylic acids is 1. The first kappa shape index (κ1) is 25.1. The van der Waals surface area contributed by atoms with Crippen LogP contribution in [0.25, 0.3) is 0 Å². The number of anilines is 2. The molecule has 0 radical (unpaired) electrons. The Hall–Kier alpha value is -3.53. The Morgan fingerprint density at radius 1 is 1.18 bits per heavy atom. The first-order valence-electron chi connectivity index (χ1n) is 10.9. The number of carboxylic acids is 1. The van der Waals surface area contributed by atoms with Crippen LogP contribution in [0, 0.1) is 13.8 Å². The van der Waals surface area contributed by atoms with Gasteiger partial charge in [0.1, 0.15) is 5.75 Å². The lowest BCUT2D eigenvalue weighted by molar-refractivity contribution is 0.0697. The van der Waals surface area contributed by atoms with Crippen molar-refractivity contribution in [1.29, 1.82) is 0 Å². The van der Waals surface area contributed by atoms with E-state index >= 15 is 0 Å². The predicted molar refractivity (Wildman–Crippen MR) is 132 cm³/mol. The Morgan fingerprint density at radius 3 is 2.41 bits per heavy atom. The number of hydrogen-bond donors (Lipinski definition) is 2. The van der Waals surface area contributed by atoms with Crippen LogP contribution in [0.5, 0.6) is 5.75 Å².